The van der Waals surface area contributed by atoms with Crippen LogP contribution in [0.3, 0.4) is 0 Å². The Labute approximate surface area is 141 Å². The summed E-state index contributed by atoms with van der Waals surface area (Å²) < 4.78 is 0. The van der Waals surface area contributed by atoms with Crippen molar-refractivity contribution in [3.8, 4) is 0 Å². The number of amides is 1. The molecule has 0 radical (unpaired) electrons. The topological polar surface area (TPSA) is 65.2 Å². The Morgan fingerprint density at radius 2 is 2.35 bits per heavy atom. The highest BCUT2D eigenvalue weighted by atomic mass is 35.5. The van der Waals surface area contributed by atoms with E-state index in [2.05, 4.69) is 35.1 Å². The highest BCUT2D eigenvalue weighted by Crippen LogP contribution is 2.17. The minimum atomic E-state index is -0.384. The highest BCUT2D eigenvalue weighted by Gasteiger charge is 2.23. The molecule has 0 aliphatic carbocycles. The average Bonchev–Trinajstić information content (AvgIpc) is 2.95. The molecule has 2 rings (SSSR count). The first-order valence-corrected chi connectivity index (χ1v) is 8.41. The molecule has 1 aliphatic heterocycles. The zero-order valence-electron chi connectivity index (χ0n) is 13.7. The number of nitrogens with one attached hydrogen (secondary N) is 2. The number of aromatic amines is 1. The van der Waals surface area contributed by atoms with E-state index in [0.717, 1.165) is 32.5 Å². The lowest BCUT2D eigenvalue weighted by molar-refractivity contribution is 0.0947. The summed E-state index contributed by atoms with van der Waals surface area (Å²) >= 11 is 5.74. The molecule has 1 aliphatic rings. The molecule has 5 nitrogen and oxygen atoms in total. The van der Waals surface area contributed by atoms with Crippen molar-refractivity contribution in [1.82, 2.24) is 15.2 Å². The fourth-order valence-corrected chi connectivity index (χ4v) is 3.09. The van der Waals surface area contributed by atoms with Crippen LogP contribution >= 0.6 is 11.6 Å². The molecule has 0 aromatic carbocycles. The van der Waals surface area contributed by atoms with Crippen LogP contribution in [0.4, 0.5) is 0 Å². The Hall–Kier alpha value is -1.59. The maximum atomic E-state index is 12.1. The van der Waals surface area contributed by atoms with Crippen LogP contribution in [-0.2, 0) is 0 Å². The van der Waals surface area contributed by atoms with Crippen LogP contribution in [-0.4, -0.2) is 42.0 Å². The first-order chi connectivity index (χ1) is 11.0. The second kappa shape index (κ2) is 8.31. The van der Waals surface area contributed by atoms with Crippen LogP contribution in [0.15, 0.2) is 28.7 Å². The Balaban J connectivity index is 1.80. The summed E-state index contributed by atoms with van der Waals surface area (Å²) in [6.45, 7) is 8.03. The molecule has 2 heterocycles. The lowest BCUT2D eigenvalue weighted by atomic mass is 10.1. The first-order valence-electron chi connectivity index (χ1n) is 8.04. The van der Waals surface area contributed by atoms with Crippen LogP contribution in [0.1, 0.15) is 37.0 Å². The summed E-state index contributed by atoms with van der Waals surface area (Å²) in [7, 11) is 0. The SMILES string of the molecule is CC/C=C(\C)CN1CC[C@H](CNC(=O)c2c[nH]c(=O)c(Cl)c2)C1. The maximum Gasteiger partial charge on any atom is 0.266 e. The molecule has 6 heteroatoms. The van der Waals surface area contributed by atoms with E-state index in [9.17, 15) is 9.59 Å². The third-order valence-corrected chi connectivity index (χ3v) is 4.35. The smallest absolute Gasteiger partial charge is 0.266 e. The average molecular weight is 338 g/mol. The van der Waals surface area contributed by atoms with Gasteiger partial charge in [0.15, 0.2) is 0 Å². The van der Waals surface area contributed by atoms with E-state index in [-0.39, 0.29) is 16.5 Å². The number of likely N-dealkylation sites (tertiary alicyclic amines) is 1. The van der Waals surface area contributed by atoms with Gasteiger partial charge >= 0.3 is 0 Å². The fourth-order valence-electron chi connectivity index (χ4n) is 2.91. The summed E-state index contributed by atoms with van der Waals surface area (Å²) in [5.74, 6) is 0.260. The third kappa shape index (κ3) is 5.22. The number of H-pyrrole nitrogens is 1. The molecular formula is C17H24ClN3O2. The van der Waals surface area contributed by atoms with Gasteiger partial charge in [-0.2, -0.15) is 0 Å². The summed E-state index contributed by atoms with van der Waals surface area (Å²) in [5, 5.41) is 2.96. The largest absolute Gasteiger partial charge is 0.352 e. The molecule has 1 amide bonds. The second-order valence-electron chi connectivity index (χ2n) is 6.12. The Morgan fingerprint density at radius 1 is 1.57 bits per heavy atom. The van der Waals surface area contributed by atoms with Crippen molar-refractivity contribution < 1.29 is 4.79 Å². The van der Waals surface area contributed by atoms with Crippen LogP contribution in [0.5, 0.6) is 0 Å². The van der Waals surface area contributed by atoms with Gasteiger partial charge in [-0.05, 0) is 38.3 Å². The van der Waals surface area contributed by atoms with Gasteiger partial charge in [0.2, 0.25) is 0 Å². The minimum absolute atomic E-state index is 0.0304. The predicted molar refractivity (Wildman–Crippen MR) is 93.0 cm³/mol. The van der Waals surface area contributed by atoms with Gasteiger partial charge < -0.3 is 10.3 Å². The first kappa shape index (κ1) is 17.8. The zero-order chi connectivity index (χ0) is 16.8. The van der Waals surface area contributed by atoms with Gasteiger partial charge in [-0.3, -0.25) is 14.5 Å². The number of pyridine rings is 1. The van der Waals surface area contributed by atoms with Gasteiger partial charge in [-0.15, -0.1) is 0 Å². The van der Waals surface area contributed by atoms with Crippen molar-refractivity contribution in [2.45, 2.75) is 26.7 Å². The van der Waals surface area contributed by atoms with Crippen molar-refractivity contribution in [3.63, 3.8) is 0 Å². The maximum absolute atomic E-state index is 12.1. The van der Waals surface area contributed by atoms with E-state index in [1.807, 2.05) is 0 Å². The van der Waals surface area contributed by atoms with Crippen LogP contribution in [0.25, 0.3) is 0 Å². The number of hydrogen-bond acceptors (Lipinski definition) is 3. The van der Waals surface area contributed by atoms with Crippen LogP contribution < -0.4 is 10.9 Å². The van der Waals surface area contributed by atoms with E-state index in [1.54, 1.807) is 0 Å². The van der Waals surface area contributed by atoms with Crippen molar-refractivity contribution in [2.24, 2.45) is 5.92 Å². The van der Waals surface area contributed by atoms with E-state index in [1.165, 1.54) is 17.8 Å². The number of nitrogens with zero attached hydrogens (tertiary/aromatic N) is 1. The van der Waals surface area contributed by atoms with E-state index in [4.69, 9.17) is 11.6 Å². The van der Waals surface area contributed by atoms with Crippen LogP contribution in [0, 0.1) is 5.92 Å². The molecule has 23 heavy (non-hydrogen) atoms. The van der Waals surface area contributed by atoms with Gasteiger partial charge in [-0.1, -0.05) is 30.2 Å². The summed E-state index contributed by atoms with van der Waals surface area (Å²) in [5.41, 5.74) is 1.40. The Kier molecular flexibility index (Phi) is 6.42. The molecule has 1 aromatic rings. The molecule has 0 bridgehead atoms. The van der Waals surface area contributed by atoms with Crippen molar-refractivity contribution in [3.05, 3.63) is 44.9 Å². The lowest BCUT2D eigenvalue weighted by Gasteiger charge is -2.16. The van der Waals surface area contributed by atoms with Crippen molar-refractivity contribution in [1.29, 1.82) is 0 Å². The van der Waals surface area contributed by atoms with Gasteiger partial charge in [0, 0.05) is 25.8 Å². The molecule has 126 valence electrons. The van der Waals surface area contributed by atoms with Crippen molar-refractivity contribution in [2.75, 3.05) is 26.2 Å². The van der Waals surface area contributed by atoms with Gasteiger partial charge in [-0.25, -0.2) is 0 Å². The summed E-state index contributed by atoms with van der Waals surface area (Å²) in [6, 6.07) is 1.40. The molecule has 0 unspecified atom stereocenters. The molecule has 0 saturated carbocycles. The monoisotopic (exact) mass is 337 g/mol. The molecule has 2 N–H and O–H groups in total. The summed E-state index contributed by atoms with van der Waals surface area (Å²) in [6.07, 6.45) is 5.81. The Morgan fingerprint density at radius 3 is 3.04 bits per heavy atom. The summed E-state index contributed by atoms with van der Waals surface area (Å²) in [4.78, 5) is 28.2. The van der Waals surface area contributed by atoms with E-state index in [0.29, 0.717) is 18.0 Å². The molecule has 0 spiro atoms. The van der Waals surface area contributed by atoms with Gasteiger partial charge in [0.1, 0.15) is 5.02 Å². The highest BCUT2D eigenvalue weighted by molar-refractivity contribution is 6.30. The van der Waals surface area contributed by atoms with Crippen LogP contribution in [0.2, 0.25) is 5.02 Å². The number of allylic oxidation sites excluding steroid dienone is 1. The normalized spacial score (nSPS) is 19.1. The number of rotatable bonds is 6. The standard InChI is InChI=1S/C17H24ClN3O2/c1-3-4-12(2)10-21-6-5-13(11-21)8-19-16(22)14-7-15(18)17(23)20-9-14/h4,7,9,13H,3,5-6,8,10-11H2,1-2H3,(H,19,22)(H,20,23)/b12-4+/t13-/m1/s1. The predicted octanol–water partition coefficient (Wildman–Crippen LogP) is 2.44. The third-order valence-electron chi connectivity index (χ3n) is 4.07. The fraction of sp³-hybridized carbons (Fsp3) is 0.529. The van der Waals surface area contributed by atoms with Gasteiger partial charge in [0.25, 0.3) is 11.5 Å². The lowest BCUT2D eigenvalue weighted by Crippen LogP contribution is -2.31. The van der Waals surface area contributed by atoms with Gasteiger partial charge in [0.05, 0.1) is 5.56 Å². The molecule has 1 saturated heterocycles. The Bertz CT molecular complexity index is 639. The number of carbonyl (C=O) groups is 1. The minimum Gasteiger partial charge on any atom is -0.352 e. The number of aromatic nitrogens is 1. The second-order valence-corrected chi connectivity index (χ2v) is 6.53. The number of carbonyl (C=O) groups excluding carboxylic acids is 1. The molecular weight excluding hydrogens is 314 g/mol. The quantitative estimate of drug-likeness (QED) is 0.784. The number of hydrogen-bond donors (Lipinski definition) is 2. The molecule has 1 aromatic heterocycles. The van der Waals surface area contributed by atoms with E-state index >= 15 is 0 Å². The zero-order valence-corrected chi connectivity index (χ0v) is 14.4. The van der Waals surface area contributed by atoms with Crippen molar-refractivity contribution >= 4 is 17.5 Å². The molecule has 1 fully saturated rings. The number of halogens is 1. The molecule has 1 atom stereocenters. The van der Waals surface area contributed by atoms with E-state index < -0.39 is 0 Å².